The second-order valence-electron chi connectivity index (χ2n) is 5.93. The number of ether oxygens (including phenoxy) is 1. The van der Waals surface area contributed by atoms with Crippen LogP contribution in [0.4, 0.5) is 0 Å². The summed E-state index contributed by atoms with van der Waals surface area (Å²) in [5.41, 5.74) is 1.85. The number of nitrogens with one attached hydrogen (secondary N) is 1. The van der Waals surface area contributed by atoms with Crippen molar-refractivity contribution in [3.8, 4) is 0 Å². The first kappa shape index (κ1) is 15.8. The largest absolute Gasteiger partial charge is 0.460 e. The number of rotatable bonds is 8. The van der Waals surface area contributed by atoms with E-state index in [-0.39, 0.29) is 5.91 Å². The van der Waals surface area contributed by atoms with Crippen LogP contribution in [0, 0.1) is 5.92 Å². The Bertz CT molecular complexity index is 698. The molecule has 1 aliphatic carbocycles. The van der Waals surface area contributed by atoms with E-state index < -0.39 is 0 Å². The number of aryl methyl sites for hydroxylation is 1. The molecule has 3 rings (SSSR count). The molecule has 1 amide bonds. The number of fused-ring (bicyclic) bond motifs is 1. The Morgan fingerprint density at radius 1 is 1.39 bits per heavy atom. The molecular formula is C19H23NO3. The summed E-state index contributed by atoms with van der Waals surface area (Å²) in [5, 5.41) is 3.89. The summed E-state index contributed by atoms with van der Waals surface area (Å²) < 4.78 is 11.3. The molecule has 1 aliphatic rings. The summed E-state index contributed by atoms with van der Waals surface area (Å²) in [5.74, 6) is 1.56. The lowest BCUT2D eigenvalue weighted by Crippen LogP contribution is -2.25. The van der Waals surface area contributed by atoms with E-state index in [1.54, 1.807) is 6.08 Å². The molecule has 1 N–H and O–H groups in total. The number of hydrogen-bond donors (Lipinski definition) is 1. The van der Waals surface area contributed by atoms with Crippen molar-refractivity contribution in [2.75, 3.05) is 19.8 Å². The molecule has 122 valence electrons. The Morgan fingerprint density at radius 3 is 3.00 bits per heavy atom. The number of furan rings is 1. The quantitative estimate of drug-likeness (QED) is 0.599. The van der Waals surface area contributed by atoms with Crippen LogP contribution in [-0.2, 0) is 16.0 Å². The molecule has 0 bridgehead atoms. The Labute approximate surface area is 136 Å². The van der Waals surface area contributed by atoms with Crippen molar-refractivity contribution in [3.05, 3.63) is 41.7 Å². The molecule has 23 heavy (non-hydrogen) atoms. The van der Waals surface area contributed by atoms with Crippen LogP contribution in [0.2, 0.25) is 0 Å². The second kappa shape index (κ2) is 7.47. The van der Waals surface area contributed by atoms with Crippen LogP contribution < -0.4 is 5.32 Å². The molecule has 4 heteroatoms. The zero-order chi connectivity index (χ0) is 16.1. The lowest BCUT2D eigenvalue weighted by molar-refractivity contribution is -0.116. The maximum absolute atomic E-state index is 11.9. The van der Waals surface area contributed by atoms with Gasteiger partial charge in [-0.25, -0.2) is 0 Å². The summed E-state index contributed by atoms with van der Waals surface area (Å²) >= 11 is 0. The zero-order valence-corrected chi connectivity index (χ0v) is 13.5. The first-order valence-electron chi connectivity index (χ1n) is 8.32. The predicted octanol–water partition coefficient (Wildman–Crippen LogP) is 3.55. The van der Waals surface area contributed by atoms with Crippen LogP contribution in [0.1, 0.15) is 31.1 Å². The fourth-order valence-corrected chi connectivity index (χ4v) is 2.56. The fraction of sp³-hybridized carbons (Fsp3) is 0.421. The van der Waals surface area contributed by atoms with Crippen molar-refractivity contribution in [2.24, 2.45) is 5.92 Å². The average molecular weight is 313 g/mol. The van der Waals surface area contributed by atoms with Gasteiger partial charge in [-0.15, -0.1) is 0 Å². The van der Waals surface area contributed by atoms with E-state index in [0.29, 0.717) is 13.2 Å². The van der Waals surface area contributed by atoms with Crippen LogP contribution in [0.5, 0.6) is 0 Å². The first-order chi connectivity index (χ1) is 11.3. The molecule has 1 saturated carbocycles. The number of amides is 1. The van der Waals surface area contributed by atoms with Gasteiger partial charge in [0.1, 0.15) is 11.3 Å². The Kier molecular flexibility index (Phi) is 5.13. The summed E-state index contributed by atoms with van der Waals surface area (Å²) in [7, 11) is 0. The van der Waals surface area contributed by atoms with Crippen molar-refractivity contribution in [1.82, 2.24) is 5.32 Å². The van der Waals surface area contributed by atoms with E-state index in [2.05, 4.69) is 5.32 Å². The Balaban J connectivity index is 1.54. The minimum atomic E-state index is -0.104. The van der Waals surface area contributed by atoms with Gasteiger partial charge in [0.25, 0.3) is 0 Å². The molecular weight excluding hydrogens is 290 g/mol. The predicted molar refractivity (Wildman–Crippen MR) is 91.2 cm³/mol. The third-order valence-corrected chi connectivity index (χ3v) is 4.03. The van der Waals surface area contributed by atoms with Gasteiger partial charge >= 0.3 is 0 Å². The summed E-state index contributed by atoms with van der Waals surface area (Å²) in [6.45, 7) is 3.99. The number of benzene rings is 1. The SMILES string of the molecule is CCc1oc2ccccc2c1/C=C/C(=O)NCCOCC1CC1. The average Bonchev–Trinajstić information content (AvgIpc) is 3.32. The maximum atomic E-state index is 11.9. The molecule has 0 aliphatic heterocycles. The van der Waals surface area contributed by atoms with Gasteiger partial charge in [-0.2, -0.15) is 0 Å². The zero-order valence-electron chi connectivity index (χ0n) is 13.5. The van der Waals surface area contributed by atoms with E-state index in [1.165, 1.54) is 12.8 Å². The van der Waals surface area contributed by atoms with Gasteiger partial charge in [-0.05, 0) is 30.9 Å². The summed E-state index contributed by atoms with van der Waals surface area (Å²) in [6.07, 6.45) is 6.77. The fourth-order valence-electron chi connectivity index (χ4n) is 2.56. The van der Waals surface area contributed by atoms with Crippen LogP contribution in [0.3, 0.4) is 0 Å². The van der Waals surface area contributed by atoms with Gasteiger partial charge in [0.2, 0.25) is 5.91 Å². The Morgan fingerprint density at radius 2 is 2.22 bits per heavy atom. The molecule has 1 aromatic carbocycles. The van der Waals surface area contributed by atoms with Gasteiger partial charge in [0.15, 0.2) is 0 Å². The smallest absolute Gasteiger partial charge is 0.244 e. The lowest BCUT2D eigenvalue weighted by atomic mass is 10.1. The highest BCUT2D eigenvalue weighted by atomic mass is 16.5. The lowest BCUT2D eigenvalue weighted by Gasteiger charge is -2.03. The molecule has 0 unspecified atom stereocenters. The third kappa shape index (κ3) is 4.23. The molecule has 1 aromatic heterocycles. The van der Waals surface area contributed by atoms with E-state index in [4.69, 9.17) is 9.15 Å². The highest BCUT2D eigenvalue weighted by Gasteiger charge is 2.20. The van der Waals surface area contributed by atoms with Crippen molar-refractivity contribution in [3.63, 3.8) is 0 Å². The normalized spacial score (nSPS) is 14.7. The number of para-hydroxylation sites is 1. The minimum absolute atomic E-state index is 0.104. The number of carbonyl (C=O) groups is 1. The molecule has 1 heterocycles. The van der Waals surface area contributed by atoms with Crippen molar-refractivity contribution in [1.29, 1.82) is 0 Å². The van der Waals surface area contributed by atoms with Crippen LogP contribution in [0.15, 0.2) is 34.8 Å². The molecule has 4 nitrogen and oxygen atoms in total. The van der Waals surface area contributed by atoms with Gasteiger partial charge in [-0.1, -0.05) is 25.1 Å². The minimum Gasteiger partial charge on any atom is -0.460 e. The van der Waals surface area contributed by atoms with Gasteiger partial charge in [-0.3, -0.25) is 4.79 Å². The Hall–Kier alpha value is -2.07. The molecule has 0 saturated heterocycles. The standard InChI is InChI=1S/C19H23NO3/c1-2-17-16(15-5-3-4-6-18(15)23-17)9-10-19(21)20-11-12-22-13-14-7-8-14/h3-6,9-10,14H,2,7-8,11-13H2,1H3,(H,20,21)/b10-9+. The van der Waals surface area contributed by atoms with Gasteiger partial charge in [0, 0.05) is 36.6 Å². The topological polar surface area (TPSA) is 51.5 Å². The monoisotopic (exact) mass is 313 g/mol. The van der Waals surface area contributed by atoms with Gasteiger partial charge in [0.05, 0.1) is 6.61 Å². The molecule has 0 spiro atoms. The third-order valence-electron chi connectivity index (χ3n) is 4.03. The van der Waals surface area contributed by atoms with Crippen molar-refractivity contribution in [2.45, 2.75) is 26.2 Å². The molecule has 2 aromatic rings. The van der Waals surface area contributed by atoms with E-state index >= 15 is 0 Å². The number of carbonyl (C=O) groups excluding carboxylic acids is 1. The van der Waals surface area contributed by atoms with E-state index in [1.807, 2.05) is 37.3 Å². The number of hydrogen-bond acceptors (Lipinski definition) is 3. The summed E-state index contributed by atoms with van der Waals surface area (Å²) in [6, 6.07) is 7.89. The molecule has 1 fully saturated rings. The summed E-state index contributed by atoms with van der Waals surface area (Å²) in [4.78, 5) is 11.9. The first-order valence-corrected chi connectivity index (χ1v) is 8.32. The second-order valence-corrected chi connectivity index (χ2v) is 5.93. The van der Waals surface area contributed by atoms with E-state index in [0.717, 1.165) is 41.2 Å². The molecule has 0 atom stereocenters. The highest BCUT2D eigenvalue weighted by Crippen LogP contribution is 2.28. The van der Waals surface area contributed by atoms with Crippen molar-refractivity contribution < 1.29 is 13.9 Å². The van der Waals surface area contributed by atoms with Crippen LogP contribution in [0.25, 0.3) is 17.0 Å². The highest BCUT2D eigenvalue weighted by molar-refractivity contribution is 5.96. The van der Waals surface area contributed by atoms with Crippen molar-refractivity contribution >= 4 is 23.0 Å². The van der Waals surface area contributed by atoms with Gasteiger partial charge < -0.3 is 14.5 Å². The molecule has 0 radical (unpaired) electrons. The van der Waals surface area contributed by atoms with Crippen LogP contribution >= 0.6 is 0 Å². The maximum Gasteiger partial charge on any atom is 0.244 e. The van der Waals surface area contributed by atoms with Crippen LogP contribution in [-0.4, -0.2) is 25.7 Å². The van der Waals surface area contributed by atoms with E-state index in [9.17, 15) is 4.79 Å².